The van der Waals surface area contributed by atoms with Gasteiger partial charge in [0.25, 0.3) is 0 Å². The molecule has 0 atom stereocenters. The molecule has 1 aliphatic rings. The monoisotopic (exact) mass is 314 g/mol. The highest BCUT2D eigenvalue weighted by Crippen LogP contribution is 2.26. The Morgan fingerprint density at radius 2 is 2.00 bits per heavy atom. The van der Waals surface area contributed by atoms with Crippen LogP contribution in [-0.4, -0.2) is 50.1 Å². The zero-order chi connectivity index (χ0) is 15.6. The fourth-order valence-electron chi connectivity index (χ4n) is 2.25. The molecule has 0 spiro atoms. The van der Waals surface area contributed by atoms with Gasteiger partial charge < -0.3 is 15.6 Å². The largest absolute Gasteiger partial charge is 0.465 e. The molecule has 1 fully saturated rings. The van der Waals surface area contributed by atoms with Crippen LogP contribution in [0.25, 0.3) is 0 Å². The molecule has 0 radical (unpaired) electrons. The number of hydrogen-bond acceptors (Lipinski definition) is 6. The van der Waals surface area contributed by atoms with Gasteiger partial charge in [0.1, 0.15) is 4.90 Å². The summed E-state index contributed by atoms with van der Waals surface area (Å²) in [4.78, 5) is 11.4. The number of benzene rings is 1. The average Bonchev–Trinajstić information content (AvgIpc) is 2.46. The van der Waals surface area contributed by atoms with E-state index in [-0.39, 0.29) is 29.2 Å². The molecule has 0 aliphatic carbocycles. The zero-order valence-corrected chi connectivity index (χ0v) is 12.5. The number of aliphatic hydroxyl groups is 1. The Morgan fingerprint density at radius 3 is 2.52 bits per heavy atom. The van der Waals surface area contributed by atoms with E-state index in [1.165, 1.54) is 29.6 Å². The second-order valence-electron chi connectivity index (χ2n) is 4.88. The number of esters is 1. The van der Waals surface area contributed by atoms with Crippen molar-refractivity contribution in [3.8, 4) is 0 Å². The van der Waals surface area contributed by atoms with Crippen molar-refractivity contribution in [2.45, 2.75) is 23.8 Å². The van der Waals surface area contributed by atoms with Gasteiger partial charge in [-0.15, -0.1) is 0 Å². The highest BCUT2D eigenvalue weighted by molar-refractivity contribution is 7.89. The number of hydrogen-bond donors (Lipinski definition) is 2. The molecule has 116 valence electrons. The molecule has 1 aromatic rings. The van der Waals surface area contributed by atoms with Crippen LogP contribution in [0.15, 0.2) is 23.1 Å². The maximum absolute atomic E-state index is 12.5. The Hall–Kier alpha value is -1.64. The standard InChI is InChI=1S/C13H18N2O5S/c1-20-13(17)9-2-3-12(11(14)8-9)21(18,19)15-6-4-10(16)5-7-15/h2-3,8,10,16H,4-7,14H2,1H3. The lowest BCUT2D eigenvalue weighted by Crippen LogP contribution is -2.40. The van der Waals surface area contributed by atoms with Crippen LogP contribution in [0.4, 0.5) is 5.69 Å². The van der Waals surface area contributed by atoms with Crippen LogP contribution < -0.4 is 5.73 Å². The van der Waals surface area contributed by atoms with Crippen LogP contribution in [0.2, 0.25) is 0 Å². The minimum atomic E-state index is -3.72. The van der Waals surface area contributed by atoms with Gasteiger partial charge >= 0.3 is 5.97 Å². The van der Waals surface area contributed by atoms with E-state index in [1.54, 1.807) is 0 Å². The molecule has 1 aliphatic heterocycles. The highest BCUT2D eigenvalue weighted by atomic mass is 32.2. The van der Waals surface area contributed by atoms with Crippen LogP contribution in [0.3, 0.4) is 0 Å². The summed E-state index contributed by atoms with van der Waals surface area (Å²) in [5, 5.41) is 9.44. The normalized spacial score (nSPS) is 17.6. The molecule has 2 rings (SSSR count). The van der Waals surface area contributed by atoms with Crippen molar-refractivity contribution in [2.75, 3.05) is 25.9 Å². The van der Waals surface area contributed by atoms with Crippen LogP contribution in [0, 0.1) is 0 Å². The predicted molar refractivity (Wildman–Crippen MR) is 76.2 cm³/mol. The second kappa shape index (κ2) is 6.00. The summed E-state index contributed by atoms with van der Waals surface area (Å²) in [6, 6.07) is 3.97. The Kier molecular flexibility index (Phi) is 4.50. The number of methoxy groups -OCH3 is 1. The zero-order valence-electron chi connectivity index (χ0n) is 11.7. The van der Waals surface area contributed by atoms with Crippen LogP contribution >= 0.6 is 0 Å². The summed E-state index contributed by atoms with van der Waals surface area (Å²) in [5.41, 5.74) is 5.97. The topological polar surface area (TPSA) is 110 Å². The van der Waals surface area contributed by atoms with E-state index in [4.69, 9.17) is 5.73 Å². The third-order valence-electron chi connectivity index (χ3n) is 3.47. The van der Waals surface area contributed by atoms with Crippen LogP contribution in [0.5, 0.6) is 0 Å². The fraction of sp³-hybridized carbons (Fsp3) is 0.462. The van der Waals surface area contributed by atoms with Crippen molar-refractivity contribution >= 4 is 21.7 Å². The summed E-state index contributed by atoms with van der Waals surface area (Å²) in [6.45, 7) is 0.503. The predicted octanol–water partition coefficient (Wildman–Crippen LogP) is 0.201. The van der Waals surface area contributed by atoms with Gasteiger partial charge in [-0.2, -0.15) is 4.31 Å². The van der Waals surface area contributed by atoms with Crippen molar-refractivity contribution < 1.29 is 23.1 Å². The smallest absolute Gasteiger partial charge is 0.337 e. The molecular weight excluding hydrogens is 296 g/mol. The summed E-state index contributed by atoms with van der Waals surface area (Å²) >= 11 is 0. The van der Waals surface area contributed by atoms with Gasteiger partial charge in [-0.1, -0.05) is 0 Å². The van der Waals surface area contributed by atoms with Crippen molar-refractivity contribution in [3.63, 3.8) is 0 Å². The lowest BCUT2D eigenvalue weighted by atomic mass is 10.1. The van der Waals surface area contributed by atoms with E-state index in [1.807, 2.05) is 0 Å². The first-order valence-corrected chi connectivity index (χ1v) is 7.96. The molecule has 1 saturated heterocycles. The highest BCUT2D eigenvalue weighted by Gasteiger charge is 2.30. The van der Waals surface area contributed by atoms with E-state index in [2.05, 4.69) is 4.74 Å². The number of anilines is 1. The molecule has 1 heterocycles. The number of aliphatic hydroxyl groups excluding tert-OH is 1. The van der Waals surface area contributed by atoms with E-state index < -0.39 is 22.1 Å². The third-order valence-corrected chi connectivity index (χ3v) is 5.44. The Morgan fingerprint density at radius 1 is 1.38 bits per heavy atom. The Bertz CT molecular complexity index is 636. The first-order valence-electron chi connectivity index (χ1n) is 6.52. The maximum atomic E-state index is 12.5. The molecule has 7 nitrogen and oxygen atoms in total. The molecule has 0 saturated carbocycles. The van der Waals surface area contributed by atoms with Gasteiger partial charge in [0.15, 0.2) is 0 Å². The number of carbonyl (C=O) groups excluding carboxylic acids is 1. The number of sulfonamides is 1. The molecule has 0 bridgehead atoms. The number of nitrogens with zero attached hydrogens (tertiary/aromatic N) is 1. The summed E-state index contributed by atoms with van der Waals surface area (Å²) in [7, 11) is -2.48. The quantitative estimate of drug-likeness (QED) is 0.609. The minimum absolute atomic E-state index is 0.00372. The lowest BCUT2D eigenvalue weighted by Gasteiger charge is -2.29. The lowest BCUT2D eigenvalue weighted by molar-refractivity contribution is 0.0600. The van der Waals surface area contributed by atoms with Crippen molar-refractivity contribution in [2.24, 2.45) is 0 Å². The molecule has 21 heavy (non-hydrogen) atoms. The number of piperidine rings is 1. The van der Waals surface area contributed by atoms with Gasteiger partial charge in [0.2, 0.25) is 10.0 Å². The van der Waals surface area contributed by atoms with Gasteiger partial charge in [-0.3, -0.25) is 0 Å². The molecule has 8 heteroatoms. The number of rotatable bonds is 3. The number of nitrogen functional groups attached to an aromatic ring is 1. The minimum Gasteiger partial charge on any atom is -0.465 e. The third kappa shape index (κ3) is 3.17. The van der Waals surface area contributed by atoms with E-state index in [9.17, 15) is 18.3 Å². The molecule has 0 aromatic heterocycles. The maximum Gasteiger partial charge on any atom is 0.337 e. The van der Waals surface area contributed by atoms with E-state index in [0.717, 1.165) is 0 Å². The molecule has 1 aromatic carbocycles. The summed E-state index contributed by atoms with van der Waals surface area (Å²) in [6.07, 6.45) is 0.342. The Labute approximate surface area is 123 Å². The first kappa shape index (κ1) is 15.7. The van der Waals surface area contributed by atoms with E-state index in [0.29, 0.717) is 12.8 Å². The first-order chi connectivity index (χ1) is 9.86. The molecule has 0 unspecified atom stereocenters. The Balaban J connectivity index is 2.30. The van der Waals surface area contributed by atoms with Gasteiger partial charge in [-0.05, 0) is 31.0 Å². The van der Waals surface area contributed by atoms with E-state index >= 15 is 0 Å². The molecule has 3 N–H and O–H groups in total. The van der Waals surface area contributed by atoms with Crippen LogP contribution in [-0.2, 0) is 14.8 Å². The number of carbonyl (C=O) groups is 1. The van der Waals surface area contributed by atoms with Crippen molar-refractivity contribution in [3.05, 3.63) is 23.8 Å². The fourth-order valence-corrected chi connectivity index (χ4v) is 3.82. The molecular formula is C13H18N2O5S. The van der Waals surface area contributed by atoms with Crippen molar-refractivity contribution in [1.82, 2.24) is 4.31 Å². The number of nitrogens with two attached hydrogens (primary N) is 1. The molecule has 0 amide bonds. The van der Waals surface area contributed by atoms with Crippen molar-refractivity contribution in [1.29, 1.82) is 0 Å². The van der Waals surface area contributed by atoms with Crippen LogP contribution in [0.1, 0.15) is 23.2 Å². The van der Waals surface area contributed by atoms with Gasteiger partial charge in [0, 0.05) is 13.1 Å². The summed E-state index contributed by atoms with van der Waals surface area (Å²) < 4.78 is 30.9. The van der Waals surface area contributed by atoms with Gasteiger partial charge in [0.05, 0.1) is 24.5 Å². The second-order valence-corrected chi connectivity index (χ2v) is 6.79. The number of ether oxygens (including phenoxy) is 1. The SMILES string of the molecule is COC(=O)c1ccc(S(=O)(=O)N2CCC(O)CC2)c(N)c1. The average molecular weight is 314 g/mol. The summed E-state index contributed by atoms with van der Waals surface area (Å²) in [5.74, 6) is -0.577. The van der Waals surface area contributed by atoms with Gasteiger partial charge in [-0.25, -0.2) is 13.2 Å².